The molecule has 122 valence electrons. The SMILES string of the molecule is CN(c1ccc(NC(=O)Cc2ccc(Br)cc2)cc1)S(C)(=O)=O. The predicted octanol–water partition coefficient (Wildman–Crippen LogP) is 3.03. The number of amides is 1. The minimum Gasteiger partial charge on any atom is -0.326 e. The van der Waals surface area contributed by atoms with Crippen molar-refractivity contribution in [1.29, 1.82) is 0 Å². The second-order valence-corrected chi connectivity index (χ2v) is 8.06. The van der Waals surface area contributed by atoms with Crippen LogP contribution in [0.1, 0.15) is 5.56 Å². The summed E-state index contributed by atoms with van der Waals surface area (Å²) in [5.41, 5.74) is 2.08. The van der Waals surface area contributed by atoms with Crippen LogP contribution in [0.25, 0.3) is 0 Å². The van der Waals surface area contributed by atoms with Crippen LogP contribution in [0.2, 0.25) is 0 Å². The van der Waals surface area contributed by atoms with Crippen molar-refractivity contribution in [3.05, 3.63) is 58.6 Å². The molecule has 0 aliphatic carbocycles. The predicted molar refractivity (Wildman–Crippen MR) is 96.2 cm³/mol. The molecule has 1 amide bonds. The first kappa shape index (κ1) is 17.5. The molecule has 5 nitrogen and oxygen atoms in total. The van der Waals surface area contributed by atoms with Crippen LogP contribution in [0.15, 0.2) is 53.0 Å². The molecule has 2 aromatic rings. The summed E-state index contributed by atoms with van der Waals surface area (Å²) in [5.74, 6) is -0.128. The van der Waals surface area contributed by atoms with Crippen molar-refractivity contribution in [1.82, 2.24) is 0 Å². The van der Waals surface area contributed by atoms with Gasteiger partial charge in [0, 0.05) is 17.2 Å². The third-order valence-corrected chi connectivity index (χ3v) is 5.02. The number of halogens is 1. The number of nitrogens with zero attached hydrogens (tertiary/aromatic N) is 1. The highest BCUT2D eigenvalue weighted by Crippen LogP contribution is 2.19. The Morgan fingerprint density at radius 3 is 2.17 bits per heavy atom. The Hall–Kier alpha value is -1.86. The van der Waals surface area contributed by atoms with Crippen molar-refractivity contribution in [2.24, 2.45) is 0 Å². The normalized spacial score (nSPS) is 11.1. The van der Waals surface area contributed by atoms with Gasteiger partial charge in [0.05, 0.1) is 18.4 Å². The summed E-state index contributed by atoms with van der Waals surface area (Å²) in [6.45, 7) is 0. The van der Waals surface area contributed by atoms with Crippen LogP contribution in [0.5, 0.6) is 0 Å². The van der Waals surface area contributed by atoms with Gasteiger partial charge in [-0.15, -0.1) is 0 Å². The van der Waals surface area contributed by atoms with Gasteiger partial charge in [0.25, 0.3) is 0 Å². The Morgan fingerprint density at radius 2 is 1.65 bits per heavy atom. The van der Waals surface area contributed by atoms with Crippen molar-refractivity contribution in [3.63, 3.8) is 0 Å². The molecular weight excluding hydrogens is 380 g/mol. The molecule has 7 heteroatoms. The molecule has 0 heterocycles. The molecule has 0 unspecified atom stereocenters. The summed E-state index contributed by atoms with van der Waals surface area (Å²) in [6, 6.07) is 14.2. The first-order valence-electron chi connectivity index (χ1n) is 6.84. The number of anilines is 2. The van der Waals surface area contributed by atoms with Crippen molar-refractivity contribution in [2.75, 3.05) is 22.9 Å². The van der Waals surface area contributed by atoms with E-state index in [0.29, 0.717) is 11.4 Å². The standard InChI is InChI=1S/C16H17BrN2O3S/c1-19(23(2,21)22)15-9-7-14(8-10-15)18-16(20)11-12-3-5-13(17)6-4-12/h3-10H,11H2,1-2H3,(H,18,20). The zero-order chi connectivity index (χ0) is 17.0. The average molecular weight is 397 g/mol. The highest BCUT2D eigenvalue weighted by molar-refractivity contribution is 9.10. The molecule has 0 spiro atoms. The number of hydrogen-bond donors (Lipinski definition) is 1. The number of benzene rings is 2. The summed E-state index contributed by atoms with van der Waals surface area (Å²) < 4.78 is 25.1. The molecule has 2 aromatic carbocycles. The minimum atomic E-state index is -3.29. The number of hydrogen-bond acceptors (Lipinski definition) is 3. The van der Waals surface area contributed by atoms with Crippen molar-refractivity contribution >= 4 is 43.2 Å². The number of carbonyl (C=O) groups excluding carboxylic acids is 1. The van der Waals surface area contributed by atoms with Crippen molar-refractivity contribution in [2.45, 2.75) is 6.42 Å². The lowest BCUT2D eigenvalue weighted by Gasteiger charge is -2.16. The monoisotopic (exact) mass is 396 g/mol. The Balaban J connectivity index is 2.00. The van der Waals surface area contributed by atoms with Crippen LogP contribution in [0.3, 0.4) is 0 Å². The van der Waals surface area contributed by atoms with Gasteiger partial charge in [-0.05, 0) is 42.0 Å². The third kappa shape index (κ3) is 5.07. The topological polar surface area (TPSA) is 66.5 Å². The van der Waals surface area contributed by atoms with E-state index in [1.165, 1.54) is 11.4 Å². The van der Waals surface area contributed by atoms with E-state index in [9.17, 15) is 13.2 Å². The highest BCUT2D eigenvalue weighted by atomic mass is 79.9. The van der Waals surface area contributed by atoms with Crippen LogP contribution >= 0.6 is 15.9 Å². The Morgan fingerprint density at radius 1 is 1.09 bits per heavy atom. The molecular formula is C16H17BrN2O3S. The number of sulfonamides is 1. The fourth-order valence-electron chi connectivity index (χ4n) is 1.94. The maximum Gasteiger partial charge on any atom is 0.231 e. The molecule has 0 bridgehead atoms. The fraction of sp³-hybridized carbons (Fsp3) is 0.188. The van der Waals surface area contributed by atoms with Gasteiger partial charge in [0.1, 0.15) is 0 Å². The summed E-state index contributed by atoms with van der Waals surface area (Å²) in [5, 5.41) is 2.79. The van der Waals surface area contributed by atoms with Gasteiger partial charge in [-0.25, -0.2) is 8.42 Å². The van der Waals surface area contributed by atoms with Crippen LogP contribution < -0.4 is 9.62 Å². The van der Waals surface area contributed by atoms with E-state index in [0.717, 1.165) is 16.3 Å². The van der Waals surface area contributed by atoms with Gasteiger partial charge in [-0.2, -0.15) is 0 Å². The van der Waals surface area contributed by atoms with Gasteiger partial charge >= 0.3 is 0 Å². The number of rotatable bonds is 5. The van der Waals surface area contributed by atoms with E-state index in [1.807, 2.05) is 24.3 Å². The van der Waals surface area contributed by atoms with Crippen LogP contribution in [0, 0.1) is 0 Å². The minimum absolute atomic E-state index is 0.128. The second kappa shape index (κ2) is 7.14. The maximum absolute atomic E-state index is 12.0. The quantitative estimate of drug-likeness (QED) is 0.844. The van der Waals surface area contributed by atoms with Gasteiger partial charge in [0.2, 0.25) is 15.9 Å². The maximum atomic E-state index is 12.0. The largest absolute Gasteiger partial charge is 0.326 e. The van der Waals surface area contributed by atoms with Gasteiger partial charge in [0.15, 0.2) is 0 Å². The van der Waals surface area contributed by atoms with Crippen LogP contribution in [-0.4, -0.2) is 27.6 Å². The highest BCUT2D eigenvalue weighted by Gasteiger charge is 2.11. The van der Waals surface area contributed by atoms with Gasteiger partial charge < -0.3 is 5.32 Å². The fourth-order valence-corrected chi connectivity index (χ4v) is 2.71. The Labute approximate surface area is 144 Å². The number of nitrogens with one attached hydrogen (secondary N) is 1. The lowest BCUT2D eigenvalue weighted by atomic mass is 10.1. The molecule has 2 rings (SSSR count). The first-order chi connectivity index (χ1) is 10.8. The smallest absolute Gasteiger partial charge is 0.231 e. The van der Waals surface area contributed by atoms with E-state index < -0.39 is 10.0 Å². The summed E-state index contributed by atoms with van der Waals surface area (Å²) in [6.07, 6.45) is 1.42. The van der Waals surface area contributed by atoms with E-state index in [4.69, 9.17) is 0 Å². The number of carbonyl (C=O) groups is 1. The molecule has 0 radical (unpaired) electrons. The molecule has 0 aromatic heterocycles. The molecule has 0 fully saturated rings. The third-order valence-electron chi connectivity index (χ3n) is 3.29. The van der Waals surface area contributed by atoms with Gasteiger partial charge in [-0.1, -0.05) is 28.1 Å². The average Bonchev–Trinajstić information content (AvgIpc) is 2.49. The lowest BCUT2D eigenvalue weighted by molar-refractivity contribution is -0.115. The lowest BCUT2D eigenvalue weighted by Crippen LogP contribution is -2.24. The van der Waals surface area contributed by atoms with E-state index in [2.05, 4.69) is 21.2 Å². The van der Waals surface area contributed by atoms with E-state index in [1.54, 1.807) is 24.3 Å². The zero-order valence-electron chi connectivity index (χ0n) is 12.8. The van der Waals surface area contributed by atoms with E-state index >= 15 is 0 Å². The Bertz CT molecular complexity index is 787. The summed E-state index contributed by atoms with van der Waals surface area (Å²) in [4.78, 5) is 12.0. The molecule has 23 heavy (non-hydrogen) atoms. The van der Waals surface area contributed by atoms with E-state index in [-0.39, 0.29) is 12.3 Å². The van der Waals surface area contributed by atoms with Gasteiger partial charge in [-0.3, -0.25) is 9.10 Å². The van der Waals surface area contributed by atoms with Crippen molar-refractivity contribution in [3.8, 4) is 0 Å². The zero-order valence-corrected chi connectivity index (χ0v) is 15.2. The van der Waals surface area contributed by atoms with Crippen LogP contribution in [0.4, 0.5) is 11.4 Å². The summed E-state index contributed by atoms with van der Waals surface area (Å²) in [7, 11) is -1.81. The molecule has 1 N–H and O–H groups in total. The Kier molecular flexibility index (Phi) is 5.43. The van der Waals surface area contributed by atoms with Crippen molar-refractivity contribution < 1.29 is 13.2 Å². The molecule has 0 aliphatic rings. The molecule has 0 aliphatic heterocycles. The summed E-state index contributed by atoms with van der Waals surface area (Å²) >= 11 is 3.35. The van der Waals surface area contributed by atoms with Crippen LogP contribution in [-0.2, 0) is 21.2 Å². The first-order valence-corrected chi connectivity index (χ1v) is 9.48. The molecule has 0 saturated heterocycles. The second-order valence-electron chi connectivity index (χ2n) is 5.13. The molecule has 0 saturated carbocycles. The molecule has 0 atom stereocenters.